The first kappa shape index (κ1) is 13.9. The second-order valence-corrected chi connectivity index (χ2v) is 4.41. The number of rotatable bonds is 5. The molecule has 1 rings (SSSR count). The van der Waals surface area contributed by atoms with Crippen molar-refractivity contribution in [2.45, 2.75) is 20.0 Å². The molecule has 1 saturated heterocycles. The molecule has 0 aromatic heterocycles. The van der Waals surface area contributed by atoms with Gasteiger partial charge < -0.3 is 14.7 Å². The Balaban J connectivity index is 2.26. The van der Waals surface area contributed by atoms with Crippen molar-refractivity contribution in [3.63, 3.8) is 0 Å². The van der Waals surface area contributed by atoms with E-state index in [0.717, 1.165) is 0 Å². The minimum atomic E-state index is -0.826. The van der Waals surface area contributed by atoms with Crippen molar-refractivity contribution in [2.75, 3.05) is 39.3 Å². The maximum absolute atomic E-state index is 11.7. The number of carbonyl (C=O) groups excluding carboxylic acids is 1. The first-order valence-electron chi connectivity index (χ1n) is 5.82. The largest absolute Gasteiger partial charge is 0.480 e. The number of ether oxygens (including phenoxy) is 1. The second kappa shape index (κ2) is 6.56. The van der Waals surface area contributed by atoms with Crippen LogP contribution in [-0.4, -0.2) is 72.2 Å². The molecule has 0 atom stereocenters. The van der Waals surface area contributed by atoms with Gasteiger partial charge in [0, 0.05) is 26.2 Å². The van der Waals surface area contributed by atoms with E-state index in [1.54, 1.807) is 4.90 Å². The van der Waals surface area contributed by atoms with E-state index in [9.17, 15) is 9.59 Å². The van der Waals surface area contributed by atoms with Crippen LogP contribution in [0.2, 0.25) is 0 Å². The van der Waals surface area contributed by atoms with Crippen LogP contribution in [-0.2, 0) is 14.3 Å². The summed E-state index contributed by atoms with van der Waals surface area (Å²) in [6, 6.07) is 0. The summed E-state index contributed by atoms with van der Waals surface area (Å²) < 4.78 is 5.25. The molecule has 17 heavy (non-hydrogen) atoms. The minimum absolute atomic E-state index is 0.0197. The van der Waals surface area contributed by atoms with Gasteiger partial charge in [-0.1, -0.05) is 0 Å². The minimum Gasteiger partial charge on any atom is -0.480 e. The number of hydrogen-bond acceptors (Lipinski definition) is 4. The fourth-order valence-electron chi connectivity index (χ4n) is 1.68. The number of carbonyl (C=O) groups is 2. The number of carboxylic acids is 1. The van der Waals surface area contributed by atoms with Crippen molar-refractivity contribution in [3.05, 3.63) is 0 Å². The molecular weight excluding hydrogens is 224 g/mol. The summed E-state index contributed by atoms with van der Waals surface area (Å²) in [4.78, 5) is 25.8. The highest BCUT2D eigenvalue weighted by atomic mass is 16.5. The highest BCUT2D eigenvalue weighted by Gasteiger charge is 2.22. The van der Waals surface area contributed by atoms with E-state index in [1.165, 1.54) is 0 Å². The van der Waals surface area contributed by atoms with Gasteiger partial charge in [-0.25, -0.2) is 0 Å². The number of amides is 1. The van der Waals surface area contributed by atoms with Crippen molar-refractivity contribution in [3.8, 4) is 0 Å². The van der Waals surface area contributed by atoms with Crippen LogP contribution in [0.4, 0.5) is 0 Å². The molecule has 1 heterocycles. The van der Waals surface area contributed by atoms with E-state index in [2.05, 4.69) is 0 Å². The molecule has 0 spiro atoms. The lowest BCUT2D eigenvalue weighted by atomic mass is 10.3. The molecule has 0 aliphatic carbocycles. The maximum Gasteiger partial charge on any atom is 0.317 e. The number of carboxylic acid groups (broad SMARTS) is 1. The molecule has 1 fully saturated rings. The molecule has 0 radical (unpaired) electrons. The Morgan fingerprint density at radius 2 is 1.82 bits per heavy atom. The Hall–Kier alpha value is -1.14. The predicted molar refractivity (Wildman–Crippen MR) is 61.7 cm³/mol. The summed E-state index contributed by atoms with van der Waals surface area (Å²) in [7, 11) is 0. The molecule has 0 saturated carbocycles. The Morgan fingerprint density at radius 1 is 1.24 bits per heavy atom. The van der Waals surface area contributed by atoms with Crippen molar-refractivity contribution >= 4 is 11.9 Å². The van der Waals surface area contributed by atoms with Crippen LogP contribution in [0.15, 0.2) is 0 Å². The fourth-order valence-corrected chi connectivity index (χ4v) is 1.68. The quantitative estimate of drug-likeness (QED) is 0.715. The molecule has 0 bridgehead atoms. The van der Waals surface area contributed by atoms with E-state index < -0.39 is 5.97 Å². The zero-order valence-corrected chi connectivity index (χ0v) is 10.4. The molecule has 6 heteroatoms. The molecule has 0 aromatic rings. The van der Waals surface area contributed by atoms with Crippen LogP contribution in [0.5, 0.6) is 0 Å². The summed E-state index contributed by atoms with van der Waals surface area (Å²) in [6.45, 7) is 6.30. The average Bonchev–Trinajstić information content (AvgIpc) is 2.26. The number of nitrogens with zero attached hydrogens (tertiary/aromatic N) is 2. The van der Waals surface area contributed by atoms with E-state index in [-0.39, 0.29) is 25.2 Å². The monoisotopic (exact) mass is 244 g/mol. The van der Waals surface area contributed by atoms with E-state index in [4.69, 9.17) is 9.84 Å². The van der Waals surface area contributed by atoms with Crippen LogP contribution in [0, 0.1) is 0 Å². The molecule has 1 aliphatic heterocycles. The molecule has 6 nitrogen and oxygen atoms in total. The van der Waals surface area contributed by atoms with Crippen LogP contribution in [0.1, 0.15) is 13.8 Å². The summed E-state index contributed by atoms with van der Waals surface area (Å²) in [5.74, 6) is -0.846. The number of hydrogen-bond donors (Lipinski definition) is 1. The highest BCUT2D eigenvalue weighted by Crippen LogP contribution is 2.02. The van der Waals surface area contributed by atoms with Crippen LogP contribution in [0.3, 0.4) is 0 Å². The number of piperazine rings is 1. The SMILES string of the molecule is CC(C)OCC(=O)N1CCN(CC(=O)O)CC1. The second-order valence-electron chi connectivity index (χ2n) is 4.41. The summed E-state index contributed by atoms with van der Waals surface area (Å²) in [6.07, 6.45) is 0.0484. The summed E-state index contributed by atoms with van der Waals surface area (Å²) in [5.41, 5.74) is 0. The molecule has 0 aromatic carbocycles. The van der Waals surface area contributed by atoms with Gasteiger partial charge in [0.05, 0.1) is 12.6 Å². The van der Waals surface area contributed by atoms with Gasteiger partial charge in [0.25, 0.3) is 0 Å². The van der Waals surface area contributed by atoms with Gasteiger partial charge in [-0.05, 0) is 13.8 Å². The van der Waals surface area contributed by atoms with Crippen LogP contribution >= 0.6 is 0 Å². The smallest absolute Gasteiger partial charge is 0.317 e. The Bertz CT molecular complexity index is 273. The predicted octanol–water partition coefficient (Wildman–Crippen LogP) is -0.360. The van der Waals surface area contributed by atoms with E-state index >= 15 is 0 Å². The molecule has 98 valence electrons. The van der Waals surface area contributed by atoms with Crippen LogP contribution in [0.25, 0.3) is 0 Å². The Kier molecular flexibility index (Phi) is 5.37. The first-order valence-corrected chi connectivity index (χ1v) is 5.82. The van der Waals surface area contributed by atoms with Crippen molar-refractivity contribution in [1.82, 2.24) is 9.80 Å². The van der Waals surface area contributed by atoms with Gasteiger partial charge in [0.2, 0.25) is 5.91 Å². The van der Waals surface area contributed by atoms with Crippen molar-refractivity contribution in [2.24, 2.45) is 0 Å². The van der Waals surface area contributed by atoms with Gasteiger partial charge in [-0.15, -0.1) is 0 Å². The molecule has 1 N–H and O–H groups in total. The lowest BCUT2D eigenvalue weighted by Gasteiger charge is -2.33. The maximum atomic E-state index is 11.7. The van der Waals surface area contributed by atoms with Gasteiger partial charge in [-0.2, -0.15) is 0 Å². The molecular formula is C11H20N2O4. The van der Waals surface area contributed by atoms with Crippen LogP contribution < -0.4 is 0 Å². The molecule has 0 unspecified atom stereocenters. The van der Waals surface area contributed by atoms with E-state index in [0.29, 0.717) is 26.2 Å². The third kappa shape index (κ3) is 5.14. The van der Waals surface area contributed by atoms with E-state index in [1.807, 2.05) is 18.7 Å². The normalized spacial score (nSPS) is 17.5. The lowest BCUT2D eigenvalue weighted by molar-refractivity contribution is -0.141. The van der Waals surface area contributed by atoms with Gasteiger partial charge in [0.1, 0.15) is 6.61 Å². The third-order valence-corrected chi connectivity index (χ3v) is 2.62. The topological polar surface area (TPSA) is 70.1 Å². The lowest BCUT2D eigenvalue weighted by Crippen LogP contribution is -2.50. The summed E-state index contributed by atoms with van der Waals surface area (Å²) >= 11 is 0. The first-order chi connectivity index (χ1) is 7.99. The summed E-state index contributed by atoms with van der Waals surface area (Å²) in [5, 5.41) is 8.64. The van der Waals surface area contributed by atoms with Gasteiger partial charge >= 0.3 is 5.97 Å². The van der Waals surface area contributed by atoms with Gasteiger partial charge in [-0.3, -0.25) is 14.5 Å². The Labute approximate surface area is 101 Å². The molecule has 1 aliphatic rings. The third-order valence-electron chi connectivity index (χ3n) is 2.62. The van der Waals surface area contributed by atoms with Crippen molar-refractivity contribution in [1.29, 1.82) is 0 Å². The zero-order chi connectivity index (χ0) is 12.8. The van der Waals surface area contributed by atoms with Gasteiger partial charge in [0.15, 0.2) is 0 Å². The zero-order valence-electron chi connectivity index (χ0n) is 10.4. The average molecular weight is 244 g/mol. The standard InChI is InChI=1S/C11H20N2O4/c1-9(2)17-8-10(14)13-5-3-12(4-6-13)7-11(15)16/h9H,3-8H2,1-2H3,(H,15,16). The fraction of sp³-hybridized carbons (Fsp3) is 0.818. The number of aliphatic carboxylic acids is 1. The molecule has 1 amide bonds. The Morgan fingerprint density at radius 3 is 2.29 bits per heavy atom. The van der Waals surface area contributed by atoms with Crippen molar-refractivity contribution < 1.29 is 19.4 Å². The highest BCUT2D eigenvalue weighted by molar-refractivity contribution is 5.77.